The monoisotopic (exact) mass is 157 g/mol. The van der Waals surface area contributed by atoms with Crippen LogP contribution in [0.2, 0.25) is 0 Å². The first-order valence-electron chi connectivity index (χ1n) is 4.20. The van der Waals surface area contributed by atoms with E-state index < -0.39 is 0 Å². The molecule has 2 unspecified atom stereocenters. The van der Waals surface area contributed by atoms with Gasteiger partial charge in [-0.2, -0.15) is 0 Å². The number of esters is 1. The molecule has 0 spiro atoms. The number of carbonyl (C=O) groups excluding carboxylic acids is 1. The molecule has 0 aromatic rings. The minimum Gasteiger partial charge on any atom is -0.465 e. The van der Waals surface area contributed by atoms with E-state index in [1.54, 1.807) is 0 Å². The van der Waals surface area contributed by atoms with Crippen molar-refractivity contribution in [2.45, 2.75) is 26.3 Å². The minimum atomic E-state index is -0.0547. The predicted octanol–water partition coefficient (Wildman–Crippen LogP) is 0.644. The first kappa shape index (κ1) is 8.53. The molecular weight excluding hydrogens is 142 g/mol. The maximum Gasteiger partial charge on any atom is 0.324 e. The van der Waals surface area contributed by atoms with E-state index in [4.69, 9.17) is 4.74 Å². The topological polar surface area (TPSA) is 29.3 Å². The van der Waals surface area contributed by atoms with E-state index in [1.807, 2.05) is 6.92 Å². The summed E-state index contributed by atoms with van der Waals surface area (Å²) in [6.07, 6.45) is 1.11. The summed E-state index contributed by atoms with van der Waals surface area (Å²) in [5, 5.41) is 0. The zero-order chi connectivity index (χ0) is 8.27. The minimum absolute atomic E-state index is 0.0547. The van der Waals surface area contributed by atoms with E-state index >= 15 is 0 Å². The molecule has 1 fully saturated rings. The third-order valence-corrected chi connectivity index (χ3v) is 1.78. The van der Waals surface area contributed by atoms with Gasteiger partial charge in [0.2, 0.25) is 0 Å². The second-order valence-electron chi connectivity index (χ2n) is 2.76. The summed E-state index contributed by atoms with van der Waals surface area (Å²) in [4.78, 5) is 13.1. The molecule has 11 heavy (non-hydrogen) atoms. The van der Waals surface area contributed by atoms with Crippen LogP contribution in [0.4, 0.5) is 0 Å². The fourth-order valence-corrected chi connectivity index (χ4v) is 1.17. The molecular formula is C8H15NO2. The van der Waals surface area contributed by atoms with Gasteiger partial charge in [-0.3, -0.25) is 9.69 Å². The Morgan fingerprint density at radius 3 is 2.91 bits per heavy atom. The van der Waals surface area contributed by atoms with Crippen LogP contribution in [0, 0.1) is 0 Å². The number of ether oxygens (including phenoxy) is 1. The van der Waals surface area contributed by atoms with Crippen LogP contribution in [0.3, 0.4) is 0 Å². The Balaban J connectivity index is 2.15. The van der Waals surface area contributed by atoms with Gasteiger partial charge in [0.25, 0.3) is 0 Å². The lowest BCUT2D eigenvalue weighted by molar-refractivity contribution is -0.143. The third-order valence-electron chi connectivity index (χ3n) is 1.78. The van der Waals surface area contributed by atoms with Crippen molar-refractivity contribution in [2.75, 3.05) is 19.7 Å². The van der Waals surface area contributed by atoms with E-state index in [1.165, 1.54) is 0 Å². The van der Waals surface area contributed by atoms with E-state index in [9.17, 15) is 4.79 Å². The van der Waals surface area contributed by atoms with Gasteiger partial charge in [-0.1, -0.05) is 6.92 Å². The van der Waals surface area contributed by atoms with Crippen LogP contribution in [0.15, 0.2) is 0 Å². The first-order chi connectivity index (χ1) is 5.29. The molecule has 0 amide bonds. The normalized spacial score (nSPS) is 28.2. The van der Waals surface area contributed by atoms with Crippen molar-refractivity contribution in [1.29, 1.82) is 0 Å². The zero-order valence-corrected chi connectivity index (χ0v) is 7.17. The molecule has 64 valence electrons. The Kier molecular flexibility index (Phi) is 2.88. The summed E-state index contributed by atoms with van der Waals surface area (Å²) in [5.74, 6) is -0.0547. The maximum absolute atomic E-state index is 11.0. The molecule has 0 bridgehead atoms. The molecule has 0 saturated carbocycles. The van der Waals surface area contributed by atoms with Gasteiger partial charge < -0.3 is 4.74 Å². The van der Waals surface area contributed by atoms with E-state index in [0.717, 1.165) is 19.5 Å². The van der Waals surface area contributed by atoms with Crippen LogP contribution in [-0.2, 0) is 9.53 Å². The average Bonchev–Trinajstić information content (AvgIpc) is 2.69. The largest absolute Gasteiger partial charge is 0.465 e. The number of hydrogen-bond donors (Lipinski definition) is 0. The van der Waals surface area contributed by atoms with Crippen molar-refractivity contribution in [3.63, 3.8) is 0 Å². The second-order valence-corrected chi connectivity index (χ2v) is 2.76. The lowest BCUT2D eigenvalue weighted by Gasteiger charge is -2.00. The number of hydrogen-bond acceptors (Lipinski definition) is 3. The molecule has 0 aliphatic carbocycles. The highest BCUT2D eigenvalue weighted by atomic mass is 16.5. The summed E-state index contributed by atoms with van der Waals surface area (Å²) < 4.78 is 4.86. The predicted molar refractivity (Wildman–Crippen MR) is 42.3 cm³/mol. The quantitative estimate of drug-likeness (QED) is 0.443. The Hall–Kier alpha value is -0.570. The fourth-order valence-electron chi connectivity index (χ4n) is 1.17. The Morgan fingerprint density at radius 1 is 1.64 bits per heavy atom. The zero-order valence-electron chi connectivity index (χ0n) is 7.17. The van der Waals surface area contributed by atoms with Crippen LogP contribution < -0.4 is 0 Å². The van der Waals surface area contributed by atoms with Crippen LogP contribution in [0.1, 0.15) is 20.3 Å². The summed E-state index contributed by atoms with van der Waals surface area (Å²) in [6.45, 7) is 6.36. The molecule has 3 heteroatoms. The highest BCUT2D eigenvalue weighted by molar-refractivity contribution is 5.79. The Morgan fingerprint density at radius 2 is 2.36 bits per heavy atom. The second kappa shape index (κ2) is 3.72. The fraction of sp³-hybridized carbons (Fsp3) is 0.875. The van der Waals surface area contributed by atoms with Crippen LogP contribution in [-0.4, -0.2) is 36.6 Å². The van der Waals surface area contributed by atoms with Crippen LogP contribution in [0.25, 0.3) is 0 Å². The lowest BCUT2D eigenvalue weighted by atomic mass is 10.4. The Bertz CT molecular complexity index is 147. The van der Waals surface area contributed by atoms with E-state index in [2.05, 4.69) is 11.8 Å². The molecule has 1 aliphatic heterocycles. The van der Waals surface area contributed by atoms with Gasteiger partial charge in [-0.25, -0.2) is 0 Å². The van der Waals surface area contributed by atoms with Crippen LogP contribution >= 0.6 is 0 Å². The van der Waals surface area contributed by atoms with E-state index in [-0.39, 0.29) is 12.0 Å². The van der Waals surface area contributed by atoms with E-state index in [0.29, 0.717) is 6.61 Å². The summed E-state index contributed by atoms with van der Waals surface area (Å²) in [6, 6.07) is 0.0786. The first-order valence-corrected chi connectivity index (χ1v) is 4.20. The van der Waals surface area contributed by atoms with Crippen molar-refractivity contribution in [3.8, 4) is 0 Å². The van der Waals surface area contributed by atoms with Gasteiger partial charge >= 0.3 is 5.97 Å². The van der Waals surface area contributed by atoms with Crippen LogP contribution in [0.5, 0.6) is 0 Å². The van der Waals surface area contributed by atoms with Gasteiger partial charge in [-0.15, -0.1) is 0 Å². The maximum atomic E-state index is 11.0. The van der Waals surface area contributed by atoms with Gasteiger partial charge in [0, 0.05) is 6.54 Å². The molecule has 1 heterocycles. The van der Waals surface area contributed by atoms with Crippen molar-refractivity contribution in [3.05, 3.63) is 0 Å². The van der Waals surface area contributed by atoms with Crippen molar-refractivity contribution in [1.82, 2.24) is 4.90 Å². The molecule has 0 aromatic carbocycles. The smallest absolute Gasteiger partial charge is 0.324 e. The summed E-state index contributed by atoms with van der Waals surface area (Å²) in [7, 11) is 0. The third kappa shape index (κ3) is 2.19. The van der Waals surface area contributed by atoms with Gasteiger partial charge in [0.05, 0.1) is 6.61 Å². The summed E-state index contributed by atoms with van der Waals surface area (Å²) >= 11 is 0. The number of rotatable bonds is 4. The molecule has 1 rings (SSSR count). The Labute approximate surface area is 67.3 Å². The van der Waals surface area contributed by atoms with Gasteiger partial charge in [0.1, 0.15) is 6.04 Å². The molecule has 1 aliphatic rings. The molecule has 0 radical (unpaired) electrons. The highest BCUT2D eigenvalue weighted by Gasteiger charge is 2.40. The van der Waals surface area contributed by atoms with Gasteiger partial charge in [0.15, 0.2) is 0 Å². The number of nitrogens with zero attached hydrogens (tertiary/aromatic N) is 1. The SMILES string of the molecule is CCCN1CC1C(=O)OCC. The summed E-state index contributed by atoms with van der Waals surface area (Å²) in [5.41, 5.74) is 0. The van der Waals surface area contributed by atoms with Crippen molar-refractivity contribution >= 4 is 5.97 Å². The molecule has 1 saturated heterocycles. The molecule has 3 nitrogen and oxygen atoms in total. The van der Waals surface area contributed by atoms with Crippen molar-refractivity contribution < 1.29 is 9.53 Å². The van der Waals surface area contributed by atoms with Crippen molar-refractivity contribution in [2.24, 2.45) is 0 Å². The lowest BCUT2D eigenvalue weighted by Crippen LogP contribution is -2.16. The average molecular weight is 157 g/mol. The molecule has 0 aromatic heterocycles. The van der Waals surface area contributed by atoms with Gasteiger partial charge in [-0.05, 0) is 19.9 Å². The molecule has 0 N–H and O–H groups in total. The standard InChI is InChI=1S/C8H15NO2/c1-3-5-9-6-7(9)8(10)11-4-2/h7H,3-6H2,1-2H3. The molecule has 2 atom stereocenters. The highest BCUT2D eigenvalue weighted by Crippen LogP contribution is 2.18. The number of carbonyl (C=O) groups is 1.